The van der Waals surface area contributed by atoms with Crippen molar-refractivity contribution >= 4 is 29.1 Å². The molecule has 0 aliphatic carbocycles. The van der Waals surface area contributed by atoms with Crippen LogP contribution >= 0.6 is 0 Å². The number of anilines is 2. The molecule has 0 saturated carbocycles. The molecule has 4 aromatic rings. The number of nitrogens with one attached hydrogen (secondary N) is 3. The summed E-state index contributed by atoms with van der Waals surface area (Å²) in [6.45, 7) is 0. The summed E-state index contributed by atoms with van der Waals surface area (Å²) in [6, 6.07) is 25.2. The number of amides is 3. The molecule has 0 spiro atoms. The van der Waals surface area contributed by atoms with Gasteiger partial charge in [-0.1, -0.05) is 42.5 Å². The van der Waals surface area contributed by atoms with Gasteiger partial charge in [-0.15, -0.1) is 0 Å². The minimum absolute atomic E-state index is 0.117. The number of ether oxygens (including phenoxy) is 1. The van der Waals surface area contributed by atoms with E-state index in [1.807, 2.05) is 36.4 Å². The van der Waals surface area contributed by atoms with E-state index in [9.17, 15) is 14.4 Å². The molecule has 0 aliphatic heterocycles. The predicted octanol–water partition coefficient (Wildman–Crippen LogP) is 4.52. The summed E-state index contributed by atoms with van der Waals surface area (Å²) in [5, 5.41) is 8.36. The summed E-state index contributed by atoms with van der Waals surface area (Å²) >= 11 is 0. The molecule has 0 radical (unpaired) electrons. The molecule has 1 atom stereocenters. The summed E-state index contributed by atoms with van der Waals surface area (Å²) in [6.07, 6.45) is 1.69. The van der Waals surface area contributed by atoms with Crippen LogP contribution in [0.5, 0.6) is 5.75 Å². The normalized spacial score (nSPS) is 11.2. The highest BCUT2D eigenvalue weighted by Gasteiger charge is 2.23. The van der Waals surface area contributed by atoms with Crippen molar-refractivity contribution in [3.63, 3.8) is 0 Å². The van der Waals surface area contributed by atoms with Crippen molar-refractivity contribution in [1.29, 1.82) is 0 Å². The molecule has 0 saturated heterocycles. The van der Waals surface area contributed by atoms with Gasteiger partial charge in [0.25, 0.3) is 11.8 Å². The molecule has 4 rings (SSSR count). The molecule has 0 aliphatic rings. The van der Waals surface area contributed by atoms with Crippen molar-refractivity contribution < 1.29 is 23.5 Å². The smallest absolute Gasteiger partial charge is 0.287 e. The first-order valence-corrected chi connectivity index (χ1v) is 11.3. The number of para-hydroxylation sites is 2. The lowest BCUT2D eigenvalue weighted by Gasteiger charge is -2.18. The summed E-state index contributed by atoms with van der Waals surface area (Å²) in [4.78, 5) is 38.3. The lowest BCUT2D eigenvalue weighted by molar-refractivity contribution is -0.118. The Morgan fingerprint density at radius 1 is 0.806 bits per heavy atom. The summed E-state index contributed by atoms with van der Waals surface area (Å²) in [7, 11) is 1.53. The summed E-state index contributed by atoms with van der Waals surface area (Å²) in [5.41, 5.74) is 2.34. The van der Waals surface area contributed by atoms with Gasteiger partial charge in [0.2, 0.25) is 5.91 Å². The zero-order valence-corrected chi connectivity index (χ0v) is 19.6. The first kappa shape index (κ1) is 24.3. The molecule has 0 fully saturated rings. The van der Waals surface area contributed by atoms with Crippen LogP contribution in [-0.4, -0.2) is 30.9 Å². The van der Waals surface area contributed by atoms with E-state index in [0.29, 0.717) is 29.1 Å². The number of rotatable bonds is 9. The molecule has 0 unspecified atom stereocenters. The van der Waals surface area contributed by atoms with Crippen LogP contribution in [0.3, 0.4) is 0 Å². The summed E-state index contributed by atoms with van der Waals surface area (Å²) < 4.78 is 10.4. The van der Waals surface area contributed by atoms with Crippen LogP contribution in [-0.2, 0) is 11.2 Å². The van der Waals surface area contributed by atoms with Gasteiger partial charge in [0.05, 0.1) is 19.1 Å². The van der Waals surface area contributed by atoms with Crippen molar-refractivity contribution in [3.8, 4) is 5.75 Å². The minimum atomic E-state index is -0.849. The van der Waals surface area contributed by atoms with Crippen LogP contribution in [0, 0.1) is 0 Å². The third-order valence-electron chi connectivity index (χ3n) is 5.42. The third-order valence-corrected chi connectivity index (χ3v) is 5.42. The number of hydrogen-bond acceptors (Lipinski definition) is 5. The van der Waals surface area contributed by atoms with Gasteiger partial charge in [-0.2, -0.15) is 0 Å². The summed E-state index contributed by atoms with van der Waals surface area (Å²) in [5.74, 6) is -0.531. The molecular formula is C28H25N3O5. The van der Waals surface area contributed by atoms with E-state index in [4.69, 9.17) is 9.15 Å². The van der Waals surface area contributed by atoms with Crippen LogP contribution in [0.2, 0.25) is 0 Å². The molecule has 8 nitrogen and oxygen atoms in total. The lowest BCUT2D eigenvalue weighted by Crippen LogP contribution is -2.45. The topological polar surface area (TPSA) is 110 Å². The number of carbonyl (C=O) groups is 3. The maximum atomic E-state index is 13.1. The molecule has 1 heterocycles. The molecule has 1 aromatic heterocycles. The standard InChI is InChI=1S/C28H25N3O5/c1-35-24-11-6-5-10-22(24)30-26(32)20-13-15-21(16-14-20)29-27(33)23(18-19-8-3-2-4-9-19)31-28(34)25-12-7-17-36-25/h2-17,23H,18H2,1H3,(H,29,33)(H,30,32)(H,31,34)/t23-/m1/s1. The Balaban J connectivity index is 1.44. The monoisotopic (exact) mass is 483 g/mol. The highest BCUT2D eigenvalue weighted by molar-refractivity contribution is 6.05. The molecule has 182 valence electrons. The fourth-order valence-electron chi connectivity index (χ4n) is 3.57. The van der Waals surface area contributed by atoms with Crippen LogP contribution in [0.15, 0.2) is 102 Å². The van der Waals surface area contributed by atoms with Crippen molar-refractivity contribution in [3.05, 3.63) is 114 Å². The lowest BCUT2D eigenvalue weighted by atomic mass is 10.0. The average molecular weight is 484 g/mol. The van der Waals surface area contributed by atoms with E-state index in [0.717, 1.165) is 5.56 Å². The highest BCUT2D eigenvalue weighted by Crippen LogP contribution is 2.24. The Hall–Kier alpha value is -4.85. The van der Waals surface area contributed by atoms with Gasteiger partial charge < -0.3 is 25.1 Å². The Morgan fingerprint density at radius 2 is 1.53 bits per heavy atom. The van der Waals surface area contributed by atoms with Gasteiger partial charge in [-0.05, 0) is 54.1 Å². The van der Waals surface area contributed by atoms with Crippen molar-refractivity contribution in [1.82, 2.24) is 5.32 Å². The Kier molecular flexibility index (Phi) is 7.77. The fraction of sp³-hybridized carbons (Fsp3) is 0.107. The maximum Gasteiger partial charge on any atom is 0.287 e. The first-order valence-electron chi connectivity index (χ1n) is 11.3. The van der Waals surface area contributed by atoms with E-state index >= 15 is 0 Å². The second kappa shape index (κ2) is 11.5. The number of carbonyl (C=O) groups excluding carboxylic acids is 3. The van der Waals surface area contributed by atoms with Crippen LogP contribution in [0.1, 0.15) is 26.5 Å². The van der Waals surface area contributed by atoms with E-state index in [2.05, 4.69) is 16.0 Å². The van der Waals surface area contributed by atoms with Gasteiger partial charge >= 0.3 is 0 Å². The van der Waals surface area contributed by atoms with E-state index in [1.54, 1.807) is 48.5 Å². The Bertz CT molecular complexity index is 1320. The second-order valence-corrected chi connectivity index (χ2v) is 7.91. The van der Waals surface area contributed by atoms with Gasteiger partial charge in [0, 0.05) is 17.7 Å². The fourth-order valence-corrected chi connectivity index (χ4v) is 3.57. The number of hydrogen-bond donors (Lipinski definition) is 3. The second-order valence-electron chi connectivity index (χ2n) is 7.91. The minimum Gasteiger partial charge on any atom is -0.495 e. The number of furan rings is 1. The van der Waals surface area contributed by atoms with Gasteiger partial charge in [-0.25, -0.2) is 0 Å². The quantitative estimate of drug-likeness (QED) is 0.324. The molecule has 3 amide bonds. The van der Waals surface area contributed by atoms with Gasteiger partial charge in [-0.3, -0.25) is 14.4 Å². The molecular weight excluding hydrogens is 458 g/mol. The average Bonchev–Trinajstić information content (AvgIpc) is 3.45. The van der Waals surface area contributed by atoms with Crippen LogP contribution in [0.4, 0.5) is 11.4 Å². The molecule has 3 N–H and O–H groups in total. The zero-order chi connectivity index (χ0) is 25.3. The maximum absolute atomic E-state index is 13.1. The van der Waals surface area contributed by atoms with Gasteiger partial charge in [0.1, 0.15) is 11.8 Å². The van der Waals surface area contributed by atoms with Crippen molar-refractivity contribution in [2.24, 2.45) is 0 Å². The SMILES string of the molecule is COc1ccccc1NC(=O)c1ccc(NC(=O)[C@@H](Cc2ccccc2)NC(=O)c2ccco2)cc1. The van der Waals surface area contributed by atoms with Crippen molar-refractivity contribution in [2.75, 3.05) is 17.7 Å². The molecule has 3 aromatic carbocycles. The third kappa shape index (κ3) is 6.18. The highest BCUT2D eigenvalue weighted by atomic mass is 16.5. The Morgan fingerprint density at radius 3 is 2.22 bits per heavy atom. The largest absolute Gasteiger partial charge is 0.495 e. The van der Waals surface area contributed by atoms with E-state index < -0.39 is 17.9 Å². The van der Waals surface area contributed by atoms with Crippen molar-refractivity contribution in [2.45, 2.75) is 12.5 Å². The first-order chi connectivity index (χ1) is 17.5. The predicted molar refractivity (Wildman–Crippen MR) is 136 cm³/mol. The number of benzene rings is 3. The van der Waals surface area contributed by atoms with Gasteiger partial charge in [0.15, 0.2) is 5.76 Å². The van der Waals surface area contributed by atoms with Crippen LogP contribution in [0.25, 0.3) is 0 Å². The number of methoxy groups -OCH3 is 1. The molecule has 0 bridgehead atoms. The zero-order valence-electron chi connectivity index (χ0n) is 19.6. The molecule has 8 heteroatoms. The van der Waals surface area contributed by atoms with Crippen LogP contribution < -0.4 is 20.7 Å². The Labute approximate surface area is 208 Å². The molecule has 36 heavy (non-hydrogen) atoms. The van der Waals surface area contributed by atoms with E-state index in [-0.39, 0.29) is 11.7 Å². The van der Waals surface area contributed by atoms with E-state index in [1.165, 1.54) is 19.4 Å².